The molecule has 2 atom stereocenters. The van der Waals surface area contributed by atoms with E-state index >= 15 is 0 Å². The molecular formula is C13H14N2O6S. The van der Waals surface area contributed by atoms with Gasteiger partial charge in [-0.2, -0.15) is 12.6 Å². The number of nitrogens with zero attached hydrogens (tertiary/aromatic N) is 2. The van der Waals surface area contributed by atoms with Gasteiger partial charge in [0.15, 0.2) is 0 Å². The molecule has 2 rings (SSSR count). The van der Waals surface area contributed by atoms with Gasteiger partial charge in [-0.15, -0.1) is 0 Å². The molecule has 2 unspecified atom stereocenters. The Hall–Kier alpha value is -2.29. The van der Waals surface area contributed by atoms with E-state index < -0.39 is 23.0 Å². The standard InChI is InChI=1S/C13H14N2O6S/c16-12(17)11-5-10(22)6-14(11)13(18)21-7-8-1-3-9(4-2-8)15(19)20/h1-4,10-11,22H,5-7H2,(H,16,17). The van der Waals surface area contributed by atoms with Crippen LogP contribution in [0.1, 0.15) is 12.0 Å². The zero-order chi connectivity index (χ0) is 16.3. The first-order valence-electron chi connectivity index (χ1n) is 6.46. The maximum absolute atomic E-state index is 12.0. The molecule has 1 aliphatic heterocycles. The number of non-ortho nitro benzene ring substituents is 1. The zero-order valence-electron chi connectivity index (χ0n) is 11.4. The molecule has 1 saturated heterocycles. The summed E-state index contributed by atoms with van der Waals surface area (Å²) in [4.78, 5) is 34.2. The first-order valence-corrected chi connectivity index (χ1v) is 6.97. The lowest BCUT2D eigenvalue weighted by Crippen LogP contribution is -2.40. The molecule has 0 spiro atoms. The van der Waals surface area contributed by atoms with Crippen molar-refractivity contribution >= 4 is 30.4 Å². The van der Waals surface area contributed by atoms with Crippen molar-refractivity contribution in [2.45, 2.75) is 24.3 Å². The first-order chi connectivity index (χ1) is 10.4. The highest BCUT2D eigenvalue weighted by Gasteiger charge is 2.39. The molecule has 1 amide bonds. The van der Waals surface area contributed by atoms with Crippen LogP contribution in [0.5, 0.6) is 0 Å². The third-order valence-electron chi connectivity index (χ3n) is 3.31. The lowest BCUT2D eigenvalue weighted by Gasteiger charge is -2.20. The molecule has 118 valence electrons. The molecule has 1 aliphatic rings. The number of carboxylic acids is 1. The Balaban J connectivity index is 1.94. The van der Waals surface area contributed by atoms with Crippen LogP contribution >= 0.6 is 12.6 Å². The summed E-state index contributed by atoms with van der Waals surface area (Å²) in [6.07, 6.45) is -0.465. The van der Waals surface area contributed by atoms with Gasteiger partial charge in [-0.1, -0.05) is 0 Å². The second-order valence-corrected chi connectivity index (χ2v) is 5.60. The number of likely N-dealkylation sites (tertiary alicyclic amines) is 1. The van der Waals surface area contributed by atoms with Gasteiger partial charge in [0.25, 0.3) is 5.69 Å². The molecule has 22 heavy (non-hydrogen) atoms. The highest BCUT2D eigenvalue weighted by molar-refractivity contribution is 7.81. The van der Waals surface area contributed by atoms with E-state index in [1.54, 1.807) is 0 Å². The summed E-state index contributed by atoms with van der Waals surface area (Å²) in [5.74, 6) is -1.09. The van der Waals surface area contributed by atoms with Gasteiger partial charge >= 0.3 is 12.1 Å². The van der Waals surface area contributed by atoms with Gasteiger partial charge < -0.3 is 9.84 Å². The van der Waals surface area contributed by atoms with Crippen LogP contribution in [0, 0.1) is 10.1 Å². The van der Waals surface area contributed by atoms with Gasteiger partial charge in [0.05, 0.1) is 4.92 Å². The summed E-state index contributed by atoms with van der Waals surface area (Å²) in [6, 6.07) is 4.63. The minimum absolute atomic E-state index is 0.0570. The number of nitro groups is 1. The average molecular weight is 326 g/mol. The quantitative estimate of drug-likeness (QED) is 0.495. The Morgan fingerprint density at radius 3 is 2.59 bits per heavy atom. The van der Waals surface area contributed by atoms with Crippen LogP contribution in [0.25, 0.3) is 0 Å². The van der Waals surface area contributed by atoms with Crippen LogP contribution < -0.4 is 0 Å². The number of hydrogen-bond acceptors (Lipinski definition) is 6. The number of carbonyl (C=O) groups is 2. The van der Waals surface area contributed by atoms with Crippen molar-refractivity contribution in [1.29, 1.82) is 0 Å². The van der Waals surface area contributed by atoms with Gasteiger partial charge in [0.2, 0.25) is 0 Å². The zero-order valence-corrected chi connectivity index (χ0v) is 12.3. The SMILES string of the molecule is O=C(O)C1CC(S)CN1C(=O)OCc1ccc([N+](=O)[O-])cc1. The number of hydrogen-bond donors (Lipinski definition) is 2. The van der Waals surface area contributed by atoms with Crippen LogP contribution in [-0.2, 0) is 16.1 Å². The number of rotatable bonds is 4. The topological polar surface area (TPSA) is 110 Å². The third kappa shape index (κ3) is 3.67. The fraction of sp³-hybridized carbons (Fsp3) is 0.385. The molecule has 0 aromatic heterocycles. The fourth-order valence-electron chi connectivity index (χ4n) is 2.19. The van der Waals surface area contributed by atoms with Crippen LogP contribution in [0.3, 0.4) is 0 Å². The monoisotopic (exact) mass is 326 g/mol. The number of ether oxygens (including phenoxy) is 1. The molecule has 0 radical (unpaired) electrons. The van der Waals surface area contributed by atoms with E-state index in [-0.39, 0.29) is 30.5 Å². The van der Waals surface area contributed by atoms with Crippen LogP contribution in [-0.4, -0.2) is 44.8 Å². The predicted molar refractivity (Wildman–Crippen MR) is 78.8 cm³/mol. The lowest BCUT2D eigenvalue weighted by atomic mass is 10.2. The number of aliphatic carboxylic acids is 1. The molecule has 9 heteroatoms. The molecule has 1 aromatic carbocycles. The van der Waals surface area contributed by atoms with Gasteiger partial charge in [-0.3, -0.25) is 15.0 Å². The molecule has 8 nitrogen and oxygen atoms in total. The largest absolute Gasteiger partial charge is 0.480 e. The van der Waals surface area contributed by atoms with E-state index in [0.29, 0.717) is 5.56 Å². The third-order valence-corrected chi connectivity index (χ3v) is 3.68. The molecule has 1 heterocycles. The number of nitro benzene ring substituents is 1. The second-order valence-electron chi connectivity index (χ2n) is 4.87. The highest BCUT2D eigenvalue weighted by atomic mass is 32.1. The number of carbonyl (C=O) groups excluding carboxylic acids is 1. The van der Waals surface area contributed by atoms with Crippen molar-refractivity contribution in [2.24, 2.45) is 0 Å². The van der Waals surface area contributed by atoms with E-state index in [0.717, 1.165) is 4.90 Å². The van der Waals surface area contributed by atoms with Gasteiger partial charge in [0.1, 0.15) is 12.6 Å². The molecule has 1 aromatic rings. The van der Waals surface area contributed by atoms with E-state index in [2.05, 4.69) is 12.6 Å². The van der Waals surface area contributed by atoms with Gasteiger partial charge in [-0.05, 0) is 24.1 Å². The number of amides is 1. The summed E-state index contributed by atoms with van der Waals surface area (Å²) in [5.41, 5.74) is 0.519. The van der Waals surface area contributed by atoms with Crippen molar-refractivity contribution in [3.63, 3.8) is 0 Å². The lowest BCUT2D eigenvalue weighted by molar-refractivity contribution is -0.384. The van der Waals surface area contributed by atoms with Crippen molar-refractivity contribution < 1.29 is 24.4 Å². The molecule has 1 N–H and O–H groups in total. The van der Waals surface area contributed by atoms with Gasteiger partial charge in [0, 0.05) is 23.9 Å². The van der Waals surface area contributed by atoms with E-state index in [9.17, 15) is 19.7 Å². The normalized spacial score (nSPS) is 20.7. The van der Waals surface area contributed by atoms with E-state index in [1.807, 2.05) is 0 Å². The smallest absolute Gasteiger partial charge is 0.410 e. The Labute approximate surface area is 131 Å². The van der Waals surface area contributed by atoms with Crippen molar-refractivity contribution in [3.05, 3.63) is 39.9 Å². The fourth-order valence-corrected chi connectivity index (χ4v) is 2.57. The van der Waals surface area contributed by atoms with Crippen LogP contribution in [0.4, 0.5) is 10.5 Å². The van der Waals surface area contributed by atoms with E-state index in [1.165, 1.54) is 24.3 Å². The first kappa shape index (κ1) is 16.1. The number of thiol groups is 1. The molecule has 0 bridgehead atoms. The summed E-state index contributed by atoms with van der Waals surface area (Å²) < 4.78 is 5.06. The number of carboxylic acid groups (broad SMARTS) is 1. The Kier molecular flexibility index (Phi) is 4.86. The van der Waals surface area contributed by atoms with Gasteiger partial charge in [-0.25, -0.2) is 9.59 Å². The minimum atomic E-state index is -1.09. The highest BCUT2D eigenvalue weighted by Crippen LogP contribution is 2.23. The summed E-state index contributed by atoms with van der Waals surface area (Å²) in [6.45, 7) is 0.121. The second kappa shape index (κ2) is 6.65. The van der Waals surface area contributed by atoms with Crippen LogP contribution in [0.2, 0.25) is 0 Å². The minimum Gasteiger partial charge on any atom is -0.480 e. The Morgan fingerprint density at radius 1 is 1.41 bits per heavy atom. The molecule has 0 saturated carbocycles. The van der Waals surface area contributed by atoms with Crippen LogP contribution in [0.15, 0.2) is 24.3 Å². The maximum Gasteiger partial charge on any atom is 0.410 e. The molecule has 0 aliphatic carbocycles. The van der Waals surface area contributed by atoms with E-state index in [4.69, 9.17) is 9.84 Å². The Morgan fingerprint density at radius 2 is 2.05 bits per heavy atom. The average Bonchev–Trinajstić information content (AvgIpc) is 2.87. The maximum atomic E-state index is 12.0. The summed E-state index contributed by atoms with van der Waals surface area (Å²) in [5, 5.41) is 19.4. The number of benzene rings is 1. The summed E-state index contributed by atoms with van der Waals surface area (Å²) in [7, 11) is 0. The predicted octanol–water partition coefficient (Wildman–Crippen LogP) is 1.69. The van der Waals surface area contributed by atoms with Crippen molar-refractivity contribution in [1.82, 2.24) is 4.90 Å². The Bertz CT molecular complexity index is 591. The summed E-state index contributed by atoms with van der Waals surface area (Å²) >= 11 is 4.19. The molecular weight excluding hydrogens is 312 g/mol. The molecule has 1 fully saturated rings. The van der Waals surface area contributed by atoms with Crippen molar-refractivity contribution in [2.75, 3.05) is 6.54 Å². The van der Waals surface area contributed by atoms with Crippen molar-refractivity contribution in [3.8, 4) is 0 Å².